The summed E-state index contributed by atoms with van der Waals surface area (Å²) in [6.07, 6.45) is 4.79. The van der Waals surface area contributed by atoms with Gasteiger partial charge in [-0.3, -0.25) is 14.6 Å². The van der Waals surface area contributed by atoms with Crippen LogP contribution in [0.5, 0.6) is 0 Å². The molecular formula is C14H19BN2O4. The minimum absolute atomic E-state index is 0.0346. The third-order valence-electron chi connectivity index (χ3n) is 3.45. The normalized spacial score (nSPS) is 21.9. The van der Waals surface area contributed by atoms with Gasteiger partial charge in [0, 0.05) is 24.9 Å². The van der Waals surface area contributed by atoms with E-state index in [1.54, 1.807) is 24.5 Å². The highest BCUT2D eigenvalue weighted by Crippen LogP contribution is 2.19. The first-order valence-electron chi connectivity index (χ1n) is 7.06. The van der Waals surface area contributed by atoms with Crippen LogP contribution >= 0.6 is 0 Å². The van der Waals surface area contributed by atoms with E-state index in [1.165, 1.54) is 6.92 Å². The zero-order valence-electron chi connectivity index (χ0n) is 12.0. The molecule has 1 aromatic heterocycles. The van der Waals surface area contributed by atoms with E-state index in [9.17, 15) is 14.6 Å². The van der Waals surface area contributed by atoms with Crippen molar-refractivity contribution in [2.24, 2.45) is 0 Å². The van der Waals surface area contributed by atoms with E-state index in [1.807, 2.05) is 0 Å². The van der Waals surface area contributed by atoms with Crippen molar-refractivity contribution in [3.05, 3.63) is 30.1 Å². The number of carbonyl (C=O) groups excluding carboxylic acids is 2. The van der Waals surface area contributed by atoms with Crippen LogP contribution in [0.3, 0.4) is 0 Å². The van der Waals surface area contributed by atoms with Crippen LogP contribution in [-0.4, -0.2) is 40.9 Å². The van der Waals surface area contributed by atoms with E-state index in [-0.39, 0.29) is 24.2 Å². The standard InChI is InChI=1S/C14H19BN2O4/c1-10(18)8-12-2-3-13(15(20)21-12)17-14(19)9-11-4-6-16-7-5-11/h4-7,12-13,20H,2-3,8-9H2,1H3,(H,17,19)/t12-,13-/m0/s1. The van der Waals surface area contributed by atoms with E-state index in [0.717, 1.165) is 5.56 Å². The number of aromatic nitrogens is 1. The summed E-state index contributed by atoms with van der Waals surface area (Å²) in [6.45, 7) is 1.50. The highest BCUT2D eigenvalue weighted by molar-refractivity contribution is 6.45. The molecule has 7 heteroatoms. The third-order valence-corrected chi connectivity index (χ3v) is 3.45. The summed E-state index contributed by atoms with van der Waals surface area (Å²) in [5.74, 6) is -0.561. The Balaban J connectivity index is 1.81. The lowest BCUT2D eigenvalue weighted by Gasteiger charge is -2.31. The number of Topliss-reactive ketones (excluding diaryl/α,β-unsaturated/α-hetero) is 1. The number of hydrogen-bond donors (Lipinski definition) is 2. The second-order valence-corrected chi connectivity index (χ2v) is 5.34. The molecule has 2 rings (SSSR count). The third kappa shape index (κ3) is 4.95. The molecule has 0 aromatic carbocycles. The fourth-order valence-corrected chi connectivity index (χ4v) is 2.43. The Bertz CT molecular complexity index is 497. The number of amides is 1. The average molecular weight is 290 g/mol. The lowest BCUT2D eigenvalue weighted by Crippen LogP contribution is -2.53. The molecule has 1 fully saturated rings. The predicted octanol–water partition coefficient (Wildman–Crippen LogP) is 0.287. The number of nitrogens with one attached hydrogen (secondary N) is 1. The molecule has 1 aromatic rings. The SMILES string of the molecule is CC(=O)C[C@@H]1CC[C@H](NC(=O)Cc2ccncc2)B(O)O1. The molecule has 0 radical (unpaired) electrons. The van der Waals surface area contributed by atoms with Crippen molar-refractivity contribution < 1.29 is 19.3 Å². The van der Waals surface area contributed by atoms with Gasteiger partial charge in [0.1, 0.15) is 5.78 Å². The highest BCUT2D eigenvalue weighted by Gasteiger charge is 2.36. The van der Waals surface area contributed by atoms with Crippen LogP contribution in [0.4, 0.5) is 0 Å². The lowest BCUT2D eigenvalue weighted by molar-refractivity contribution is -0.122. The van der Waals surface area contributed by atoms with Crippen LogP contribution in [0.1, 0.15) is 31.7 Å². The predicted molar refractivity (Wildman–Crippen MR) is 77.2 cm³/mol. The first-order valence-corrected chi connectivity index (χ1v) is 7.06. The van der Waals surface area contributed by atoms with E-state index < -0.39 is 13.1 Å². The summed E-state index contributed by atoms with van der Waals surface area (Å²) in [5.41, 5.74) is 0.864. The minimum atomic E-state index is -1.07. The molecule has 1 saturated heterocycles. The van der Waals surface area contributed by atoms with Crippen LogP contribution in [0.15, 0.2) is 24.5 Å². The zero-order chi connectivity index (χ0) is 15.2. The Morgan fingerprint density at radius 3 is 2.76 bits per heavy atom. The average Bonchev–Trinajstić information content (AvgIpc) is 2.42. The van der Waals surface area contributed by atoms with Crippen LogP contribution in [0.25, 0.3) is 0 Å². The molecule has 112 valence electrons. The number of nitrogens with zero attached hydrogens (tertiary/aromatic N) is 1. The molecule has 2 heterocycles. The second-order valence-electron chi connectivity index (χ2n) is 5.34. The fourth-order valence-electron chi connectivity index (χ4n) is 2.43. The first-order chi connectivity index (χ1) is 10.0. The zero-order valence-corrected chi connectivity index (χ0v) is 12.0. The van der Waals surface area contributed by atoms with Crippen molar-refractivity contribution >= 4 is 18.8 Å². The topological polar surface area (TPSA) is 88.5 Å². The molecular weight excluding hydrogens is 271 g/mol. The Kier molecular flexibility index (Phi) is 5.47. The van der Waals surface area contributed by atoms with E-state index in [0.29, 0.717) is 19.3 Å². The number of hydrogen-bond acceptors (Lipinski definition) is 5. The number of rotatable bonds is 5. The molecule has 2 atom stereocenters. The van der Waals surface area contributed by atoms with Gasteiger partial charge in [-0.1, -0.05) is 0 Å². The number of ketones is 1. The van der Waals surface area contributed by atoms with Gasteiger partial charge in [-0.2, -0.15) is 0 Å². The van der Waals surface area contributed by atoms with Gasteiger partial charge in [-0.25, -0.2) is 0 Å². The molecule has 0 unspecified atom stereocenters. The quantitative estimate of drug-likeness (QED) is 0.761. The number of carbonyl (C=O) groups is 2. The molecule has 1 aliphatic heterocycles. The van der Waals surface area contributed by atoms with Gasteiger partial charge < -0.3 is 15.0 Å². The second kappa shape index (κ2) is 7.33. The molecule has 2 N–H and O–H groups in total. The van der Waals surface area contributed by atoms with E-state index in [4.69, 9.17) is 4.65 Å². The van der Waals surface area contributed by atoms with Crippen molar-refractivity contribution in [2.45, 2.75) is 44.7 Å². The van der Waals surface area contributed by atoms with Gasteiger partial charge in [0.2, 0.25) is 5.91 Å². The molecule has 21 heavy (non-hydrogen) atoms. The van der Waals surface area contributed by atoms with Crippen LogP contribution < -0.4 is 5.32 Å². The Labute approximate surface area is 124 Å². The molecule has 1 aliphatic rings. The fraction of sp³-hybridized carbons (Fsp3) is 0.500. The van der Waals surface area contributed by atoms with Crippen molar-refractivity contribution in [3.8, 4) is 0 Å². The lowest BCUT2D eigenvalue weighted by atomic mass is 9.72. The van der Waals surface area contributed by atoms with Crippen LogP contribution in [-0.2, 0) is 20.7 Å². The van der Waals surface area contributed by atoms with E-state index >= 15 is 0 Å². The van der Waals surface area contributed by atoms with Gasteiger partial charge in [-0.05, 0) is 37.5 Å². The van der Waals surface area contributed by atoms with Gasteiger partial charge in [-0.15, -0.1) is 0 Å². The van der Waals surface area contributed by atoms with E-state index in [2.05, 4.69) is 10.3 Å². The summed E-state index contributed by atoms with van der Waals surface area (Å²) in [5, 5.41) is 12.7. The Hall–Kier alpha value is -1.73. The molecule has 1 amide bonds. The minimum Gasteiger partial charge on any atom is -0.426 e. The molecule has 0 aliphatic carbocycles. The summed E-state index contributed by atoms with van der Waals surface area (Å²) in [7, 11) is -1.07. The molecule has 0 spiro atoms. The van der Waals surface area contributed by atoms with Crippen molar-refractivity contribution in [1.82, 2.24) is 10.3 Å². The largest absolute Gasteiger partial charge is 0.478 e. The Morgan fingerprint density at radius 1 is 1.43 bits per heavy atom. The monoisotopic (exact) mass is 290 g/mol. The maximum atomic E-state index is 11.9. The van der Waals surface area contributed by atoms with Crippen molar-refractivity contribution in [1.29, 1.82) is 0 Å². The summed E-state index contributed by atoms with van der Waals surface area (Å²) >= 11 is 0. The van der Waals surface area contributed by atoms with Crippen LogP contribution in [0, 0.1) is 0 Å². The van der Waals surface area contributed by atoms with Crippen molar-refractivity contribution in [2.75, 3.05) is 0 Å². The van der Waals surface area contributed by atoms with Crippen LogP contribution in [0.2, 0.25) is 0 Å². The maximum Gasteiger partial charge on any atom is 0.478 e. The van der Waals surface area contributed by atoms with Gasteiger partial charge in [0.05, 0.1) is 12.4 Å². The summed E-state index contributed by atoms with van der Waals surface area (Å²) in [4.78, 5) is 26.9. The number of pyridine rings is 1. The van der Waals surface area contributed by atoms with Gasteiger partial charge in [0.15, 0.2) is 0 Å². The van der Waals surface area contributed by atoms with Crippen molar-refractivity contribution in [3.63, 3.8) is 0 Å². The first kappa shape index (κ1) is 15.7. The van der Waals surface area contributed by atoms with Gasteiger partial charge >= 0.3 is 7.12 Å². The molecule has 0 saturated carbocycles. The maximum absolute atomic E-state index is 11.9. The summed E-state index contributed by atoms with van der Waals surface area (Å²) < 4.78 is 5.37. The molecule has 6 nitrogen and oxygen atoms in total. The Morgan fingerprint density at radius 2 is 2.14 bits per heavy atom. The smallest absolute Gasteiger partial charge is 0.426 e. The highest BCUT2D eigenvalue weighted by atomic mass is 16.5. The molecule has 0 bridgehead atoms. The summed E-state index contributed by atoms with van der Waals surface area (Å²) in [6, 6.07) is 3.55. The van der Waals surface area contributed by atoms with Gasteiger partial charge in [0.25, 0.3) is 0 Å².